The molecule has 0 N–H and O–H groups in total. The lowest BCUT2D eigenvalue weighted by Crippen LogP contribution is -2.60. The van der Waals surface area contributed by atoms with Crippen molar-refractivity contribution in [3.05, 3.63) is 84.9 Å². The van der Waals surface area contributed by atoms with E-state index in [1.807, 2.05) is 0 Å². The van der Waals surface area contributed by atoms with Gasteiger partial charge >= 0.3 is 7.12 Å². The van der Waals surface area contributed by atoms with Crippen molar-refractivity contribution in [2.75, 3.05) is 26.9 Å². The SMILES string of the molecule is CS1(C)c2ccc3cccc4c3c2N2B3N4c4ccccc4N3c3cccc4ccc1c2c34. The summed E-state index contributed by atoms with van der Waals surface area (Å²) in [5, 5.41) is 5.44. The molecule has 0 amide bonds. The Morgan fingerprint density at radius 2 is 1.00 bits per heavy atom. The molecule has 0 saturated carbocycles. The largest absolute Gasteiger partial charge is 0.519 e. The zero-order valence-electron chi connectivity index (χ0n) is 18.4. The van der Waals surface area contributed by atoms with E-state index in [4.69, 9.17) is 0 Å². The van der Waals surface area contributed by atoms with E-state index in [0.717, 1.165) is 0 Å². The highest BCUT2D eigenvalue weighted by Crippen LogP contribution is 2.72. The van der Waals surface area contributed by atoms with E-state index >= 15 is 0 Å². The fraction of sp³-hybridized carbons (Fsp3) is 0.0714. The predicted molar refractivity (Wildman–Crippen MR) is 142 cm³/mol. The number of rotatable bonds is 0. The van der Waals surface area contributed by atoms with Gasteiger partial charge < -0.3 is 14.4 Å². The third kappa shape index (κ3) is 1.66. The second-order valence-electron chi connectivity index (χ2n) is 9.85. The predicted octanol–water partition coefficient (Wildman–Crippen LogP) is 7.53. The van der Waals surface area contributed by atoms with Crippen LogP contribution in [0.4, 0.5) is 34.1 Å². The third-order valence-corrected chi connectivity index (χ3v) is 11.0. The van der Waals surface area contributed by atoms with Crippen LogP contribution < -0.4 is 14.4 Å². The van der Waals surface area contributed by atoms with E-state index in [1.54, 1.807) is 0 Å². The lowest BCUT2D eigenvalue weighted by molar-refractivity contribution is 1.16. The van der Waals surface area contributed by atoms with Crippen molar-refractivity contribution in [2.24, 2.45) is 0 Å². The molecule has 5 aromatic carbocycles. The molecule has 9 rings (SSSR count). The maximum absolute atomic E-state index is 2.67. The van der Waals surface area contributed by atoms with Gasteiger partial charge in [0.15, 0.2) is 0 Å². The second-order valence-corrected chi connectivity index (χ2v) is 13.4. The summed E-state index contributed by atoms with van der Waals surface area (Å²) in [5.74, 6) is 0. The molecule has 4 aliphatic heterocycles. The van der Waals surface area contributed by atoms with Crippen molar-refractivity contribution in [1.82, 2.24) is 0 Å². The van der Waals surface area contributed by atoms with Gasteiger partial charge in [0.05, 0.1) is 22.7 Å². The Kier molecular flexibility index (Phi) is 2.65. The molecule has 33 heavy (non-hydrogen) atoms. The van der Waals surface area contributed by atoms with Crippen LogP contribution in [0.5, 0.6) is 0 Å². The molecule has 0 aromatic heterocycles. The van der Waals surface area contributed by atoms with Gasteiger partial charge in [-0.3, -0.25) is 0 Å². The molecule has 5 aromatic rings. The van der Waals surface area contributed by atoms with E-state index in [1.165, 1.54) is 65.5 Å². The van der Waals surface area contributed by atoms with E-state index < -0.39 is 10.0 Å². The van der Waals surface area contributed by atoms with E-state index in [9.17, 15) is 0 Å². The molecule has 3 nitrogen and oxygen atoms in total. The van der Waals surface area contributed by atoms with E-state index in [-0.39, 0.29) is 7.12 Å². The van der Waals surface area contributed by atoms with Crippen LogP contribution in [0.2, 0.25) is 0 Å². The smallest absolute Gasteiger partial charge is 0.343 e. The highest BCUT2D eigenvalue weighted by atomic mass is 32.3. The summed E-state index contributed by atoms with van der Waals surface area (Å²) in [6.45, 7) is 0. The topological polar surface area (TPSA) is 9.72 Å². The Bertz CT molecular complexity index is 1620. The second kappa shape index (κ2) is 5.15. The Morgan fingerprint density at radius 1 is 0.515 bits per heavy atom. The standard InChI is InChI=1S/C28H20BN3S/c1-33(2)23-15-13-17-7-5-11-21-25(17)27(23)32-28-24(33)16-14-18-8-6-12-22(26(18)28)31-20-10-4-3-9-19(20)30(21)29(31)32/h3-16H,1-2H3. The molecule has 5 heteroatoms. The van der Waals surface area contributed by atoms with Gasteiger partial charge in [-0.25, -0.2) is 0 Å². The molecule has 4 heterocycles. The summed E-state index contributed by atoms with van der Waals surface area (Å²) in [5.41, 5.74) is 8.08. The maximum atomic E-state index is 2.67. The van der Waals surface area contributed by atoms with Gasteiger partial charge in [-0.15, -0.1) is 0 Å². The molecular formula is C28H20BN3S. The van der Waals surface area contributed by atoms with Gasteiger partial charge in [0.2, 0.25) is 0 Å². The van der Waals surface area contributed by atoms with Crippen molar-refractivity contribution in [3.63, 3.8) is 0 Å². The number of nitrogens with zero attached hydrogens (tertiary/aromatic N) is 3. The number of fused-ring (bicyclic) bond motifs is 5. The first kappa shape index (κ1) is 17.0. The van der Waals surface area contributed by atoms with Crippen LogP contribution in [0.25, 0.3) is 21.5 Å². The van der Waals surface area contributed by atoms with Gasteiger partial charge in [0, 0.05) is 31.9 Å². The van der Waals surface area contributed by atoms with Crippen LogP contribution in [-0.4, -0.2) is 19.6 Å². The summed E-state index contributed by atoms with van der Waals surface area (Å²) in [4.78, 5) is 10.8. The minimum atomic E-state index is -1.16. The van der Waals surface area contributed by atoms with Gasteiger partial charge in [-0.1, -0.05) is 48.5 Å². The summed E-state index contributed by atoms with van der Waals surface area (Å²) < 4.78 is 0. The van der Waals surface area contributed by atoms with Gasteiger partial charge in [-0.2, -0.15) is 10.0 Å². The van der Waals surface area contributed by atoms with Gasteiger partial charge in [0.1, 0.15) is 0 Å². The normalized spacial score (nSPS) is 18.4. The van der Waals surface area contributed by atoms with Crippen molar-refractivity contribution < 1.29 is 0 Å². The lowest BCUT2D eigenvalue weighted by atomic mass is 9.75. The molecular weight excluding hydrogens is 421 g/mol. The average molecular weight is 441 g/mol. The van der Waals surface area contributed by atoms with E-state index in [2.05, 4.69) is 112 Å². The van der Waals surface area contributed by atoms with Crippen LogP contribution >= 0.6 is 10.0 Å². The minimum Gasteiger partial charge on any atom is -0.343 e. The Balaban J connectivity index is 1.59. The van der Waals surface area contributed by atoms with Crippen LogP contribution in [0.3, 0.4) is 0 Å². The summed E-state index contributed by atoms with van der Waals surface area (Å²) in [6.07, 6.45) is 4.96. The van der Waals surface area contributed by atoms with Crippen molar-refractivity contribution in [3.8, 4) is 0 Å². The zero-order chi connectivity index (χ0) is 21.6. The molecule has 156 valence electrons. The number of para-hydroxylation sites is 2. The Morgan fingerprint density at radius 3 is 1.52 bits per heavy atom. The molecule has 0 atom stereocenters. The highest BCUT2D eigenvalue weighted by molar-refractivity contribution is 8.33. The summed E-state index contributed by atoms with van der Waals surface area (Å²) >= 11 is 0. The molecule has 0 bridgehead atoms. The minimum absolute atomic E-state index is 0.0800. The lowest BCUT2D eigenvalue weighted by Gasteiger charge is -2.54. The first-order valence-electron chi connectivity index (χ1n) is 11.5. The fourth-order valence-electron chi connectivity index (χ4n) is 6.78. The molecule has 0 fully saturated rings. The summed E-state index contributed by atoms with van der Waals surface area (Å²) in [7, 11) is -1.08. The first-order valence-corrected chi connectivity index (χ1v) is 13.9. The molecule has 4 aliphatic rings. The van der Waals surface area contributed by atoms with Crippen LogP contribution in [0.1, 0.15) is 0 Å². The molecule has 0 aliphatic carbocycles. The molecule has 0 spiro atoms. The van der Waals surface area contributed by atoms with Crippen LogP contribution in [0.15, 0.2) is 94.7 Å². The molecule has 0 saturated heterocycles. The maximum Gasteiger partial charge on any atom is 0.519 e. The van der Waals surface area contributed by atoms with Crippen LogP contribution in [-0.2, 0) is 0 Å². The first-order chi connectivity index (χ1) is 16.2. The fourth-order valence-corrected chi connectivity index (χ4v) is 9.20. The number of hydrogen-bond acceptors (Lipinski definition) is 3. The monoisotopic (exact) mass is 441 g/mol. The average Bonchev–Trinajstić information content (AvgIpc) is 3.19. The molecule has 0 unspecified atom stereocenters. The van der Waals surface area contributed by atoms with Crippen LogP contribution in [0, 0.1) is 0 Å². The van der Waals surface area contributed by atoms with Crippen molar-refractivity contribution in [2.45, 2.75) is 9.79 Å². The number of benzene rings is 5. The quantitative estimate of drug-likeness (QED) is 0.230. The third-order valence-electron chi connectivity index (χ3n) is 8.11. The Labute approximate surface area is 194 Å². The van der Waals surface area contributed by atoms with Gasteiger partial charge in [0.25, 0.3) is 0 Å². The zero-order valence-corrected chi connectivity index (χ0v) is 19.2. The number of hydrogen-bond donors (Lipinski definition) is 0. The highest BCUT2D eigenvalue weighted by Gasteiger charge is 2.57. The van der Waals surface area contributed by atoms with Crippen molar-refractivity contribution in [1.29, 1.82) is 0 Å². The van der Waals surface area contributed by atoms with Crippen molar-refractivity contribution >= 4 is 72.8 Å². The van der Waals surface area contributed by atoms with E-state index in [0.29, 0.717) is 0 Å². The van der Waals surface area contributed by atoms with Gasteiger partial charge in [-0.05, 0) is 59.7 Å². The Hall–Kier alpha value is -3.57. The summed E-state index contributed by atoms with van der Waals surface area (Å²) in [6, 6.07) is 32.0. The molecule has 0 radical (unpaired) electrons. The number of anilines is 6.